The maximum Gasteiger partial charge on any atom is 0.0509 e. The fourth-order valence-corrected chi connectivity index (χ4v) is 12.3. The highest BCUT2D eigenvalue weighted by Crippen LogP contribution is 2.69. The van der Waals surface area contributed by atoms with Crippen molar-refractivity contribution >= 4 is 38.6 Å². The SMILES string of the molecule is c1ccc(-c2ccc(-c3ccc(-c4ccc5c(c4)N(c4ccccc4)c4ccccc4C54C5CC6CC(C5)CC4C6)c4ccccc34)c3ccncc23)cc1. The molecule has 7 aromatic carbocycles. The van der Waals surface area contributed by atoms with Gasteiger partial charge in [0.25, 0.3) is 0 Å². The molecule has 4 aliphatic carbocycles. The number of pyridine rings is 1. The molecule has 8 aromatic rings. The fourth-order valence-electron chi connectivity index (χ4n) is 12.3. The van der Waals surface area contributed by atoms with Crippen LogP contribution in [0, 0.1) is 23.7 Å². The van der Waals surface area contributed by atoms with Gasteiger partial charge in [-0.25, -0.2) is 0 Å². The molecule has 2 heteroatoms. The molecule has 264 valence electrons. The van der Waals surface area contributed by atoms with Crippen molar-refractivity contribution in [1.29, 1.82) is 0 Å². The molecular weight excluding hydrogens is 665 g/mol. The lowest BCUT2D eigenvalue weighted by Gasteiger charge is -2.64. The van der Waals surface area contributed by atoms with Crippen LogP contribution in [0.4, 0.5) is 17.1 Å². The summed E-state index contributed by atoms with van der Waals surface area (Å²) < 4.78 is 0. The van der Waals surface area contributed by atoms with E-state index in [1.54, 1.807) is 11.1 Å². The molecule has 4 bridgehead atoms. The lowest BCUT2D eigenvalue weighted by Crippen LogP contribution is -2.57. The third-order valence-electron chi connectivity index (χ3n) is 14.1. The summed E-state index contributed by atoms with van der Waals surface area (Å²) in [6.45, 7) is 0. The van der Waals surface area contributed by atoms with Crippen molar-refractivity contribution < 1.29 is 0 Å². The molecule has 13 rings (SSSR count). The molecule has 55 heavy (non-hydrogen) atoms. The van der Waals surface area contributed by atoms with Crippen LogP contribution in [-0.4, -0.2) is 4.98 Å². The summed E-state index contributed by atoms with van der Waals surface area (Å²) in [6, 6.07) is 59.3. The van der Waals surface area contributed by atoms with Gasteiger partial charge in [0.05, 0.1) is 11.4 Å². The van der Waals surface area contributed by atoms with Crippen LogP contribution in [0.5, 0.6) is 0 Å². The van der Waals surface area contributed by atoms with Gasteiger partial charge >= 0.3 is 0 Å². The molecule has 0 amide bonds. The largest absolute Gasteiger partial charge is 0.310 e. The van der Waals surface area contributed by atoms with Gasteiger partial charge in [0.1, 0.15) is 0 Å². The molecule has 2 nitrogen and oxygen atoms in total. The molecule has 5 aliphatic rings. The van der Waals surface area contributed by atoms with Gasteiger partial charge in [-0.1, -0.05) is 127 Å². The second kappa shape index (κ2) is 12.0. The van der Waals surface area contributed by atoms with Crippen LogP contribution < -0.4 is 4.90 Å². The van der Waals surface area contributed by atoms with E-state index in [9.17, 15) is 0 Å². The van der Waals surface area contributed by atoms with E-state index in [1.807, 2.05) is 12.4 Å². The molecule has 2 heterocycles. The van der Waals surface area contributed by atoms with E-state index in [2.05, 4.69) is 168 Å². The van der Waals surface area contributed by atoms with Gasteiger partial charge in [-0.3, -0.25) is 4.98 Å². The van der Waals surface area contributed by atoms with Crippen LogP contribution in [0.2, 0.25) is 0 Å². The lowest BCUT2D eigenvalue weighted by molar-refractivity contribution is -0.0419. The van der Waals surface area contributed by atoms with E-state index in [1.165, 1.54) is 104 Å². The Kier molecular flexibility index (Phi) is 6.85. The topological polar surface area (TPSA) is 16.1 Å². The quantitative estimate of drug-likeness (QED) is 0.181. The number of para-hydroxylation sites is 2. The van der Waals surface area contributed by atoms with Crippen molar-refractivity contribution in [1.82, 2.24) is 4.98 Å². The number of rotatable bonds is 4. The van der Waals surface area contributed by atoms with Crippen molar-refractivity contribution in [3.63, 3.8) is 0 Å². The minimum absolute atomic E-state index is 0.0664. The number of aromatic nitrogens is 1. The third-order valence-corrected chi connectivity index (χ3v) is 14.1. The average Bonchev–Trinajstić information content (AvgIpc) is 3.24. The van der Waals surface area contributed by atoms with Crippen molar-refractivity contribution in [2.24, 2.45) is 23.7 Å². The molecule has 0 N–H and O–H groups in total. The van der Waals surface area contributed by atoms with E-state index in [-0.39, 0.29) is 5.41 Å². The van der Waals surface area contributed by atoms with Gasteiger partial charge in [0, 0.05) is 28.9 Å². The second-order valence-corrected chi connectivity index (χ2v) is 16.7. The zero-order valence-corrected chi connectivity index (χ0v) is 30.9. The van der Waals surface area contributed by atoms with E-state index in [4.69, 9.17) is 0 Å². The van der Waals surface area contributed by atoms with Gasteiger partial charge in [-0.15, -0.1) is 0 Å². The smallest absolute Gasteiger partial charge is 0.0509 e. The Bertz CT molecular complexity index is 2760. The van der Waals surface area contributed by atoms with Crippen molar-refractivity contribution in [3.8, 4) is 33.4 Å². The fraction of sp³-hybridized carbons (Fsp3) is 0.189. The van der Waals surface area contributed by atoms with E-state index in [0.717, 1.165) is 11.8 Å². The second-order valence-electron chi connectivity index (χ2n) is 16.7. The molecule has 0 saturated heterocycles. The summed E-state index contributed by atoms with van der Waals surface area (Å²) in [7, 11) is 0. The summed E-state index contributed by atoms with van der Waals surface area (Å²) in [6.07, 6.45) is 10.9. The number of hydrogen-bond acceptors (Lipinski definition) is 2. The summed E-state index contributed by atoms with van der Waals surface area (Å²) in [5.74, 6) is 3.21. The maximum absolute atomic E-state index is 4.58. The molecular formula is C53H42N2. The Balaban J connectivity index is 1.06. The highest BCUT2D eigenvalue weighted by atomic mass is 15.2. The average molecular weight is 707 g/mol. The van der Waals surface area contributed by atoms with Crippen LogP contribution in [0.1, 0.15) is 43.2 Å². The minimum atomic E-state index is 0.0664. The zero-order chi connectivity index (χ0) is 36.1. The molecule has 0 atom stereocenters. The first-order valence-electron chi connectivity index (χ1n) is 20.3. The summed E-state index contributed by atoms with van der Waals surface area (Å²) in [4.78, 5) is 7.16. The number of benzene rings is 7. The van der Waals surface area contributed by atoms with E-state index >= 15 is 0 Å². The van der Waals surface area contributed by atoms with Crippen LogP contribution in [0.25, 0.3) is 54.9 Å². The van der Waals surface area contributed by atoms with E-state index < -0.39 is 0 Å². The van der Waals surface area contributed by atoms with Crippen LogP contribution in [0.15, 0.2) is 170 Å². The first-order chi connectivity index (χ1) is 27.3. The number of hydrogen-bond donors (Lipinski definition) is 0. The summed E-state index contributed by atoms with van der Waals surface area (Å²) in [5, 5.41) is 4.95. The molecule has 1 spiro atoms. The van der Waals surface area contributed by atoms with Crippen LogP contribution in [0.3, 0.4) is 0 Å². The molecule has 4 saturated carbocycles. The zero-order valence-electron chi connectivity index (χ0n) is 30.9. The number of fused-ring (bicyclic) bond motifs is 4. The number of anilines is 3. The molecule has 1 aromatic heterocycles. The molecule has 0 unspecified atom stereocenters. The van der Waals surface area contributed by atoms with Crippen molar-refractivity contribution in [2.75, 3.05) is 4.90 Å². The monoisotopic (exact) mass is 706 g/mol. The Hall–Kier alpha value is -5.99. The Morgan fingerprint density at radius 1 is 0.436 bits per heavy atom. The standard InChI is InChI=1S/C53H42N2/c1-3-11-36(12-4-1)41-20-22-46(47-25-26-54-33-48(41)47)45-23-21-42(43-15-7-8-16-44(43)45)37-19-24-50-52(32-37)55(40-13-5-2-6-14-40)51-18-10-9-17-49(51)53(50)38-28-34-27-35(30-38)31-39(53)29-34/h1-26,32-35,38-39H,27-31H2. The van der Waals surface area contributed by atoms with Gasteiger partial charge in [-0.05, 0) is 147 Å². The lowest BCUT2D eigenvalue weighted by atomic mass is 9.41. The summed E-state index contributed by atoms with van der Waals surface area (Å²) in [5.41, 5.74) is 14.6. The van der Waals surface area contributed by atoms with Crippen molar-refractivity contribution in [2.45, 2.75) is 37.5 Å². The van der Waals surface area contributed by atoms with E-state index in [0.29, 0.717) is 11.8 Å². The van der Waals surface area contributed by atoms with Crippen molar-refractivity contribution in [3.05, 3.63) is 181 Å². The highest BCUT2D eigenvalue weighted by Gasteiger charge is 2.61. The maximum atomic E-state index is 4.58. The predicted octanol–water partition coefficient (Wildman–Crippen LogP) is 13.9. The Morgan fingerprint density at radius 2 is 1.00 bits per heavy atom. The Labute approximate surface area is 323 Å². The molecule has 1 aliphatic heterocycles. The first-order valence-corrected chi connectivity index (χ1v) is 20.3. The normalized spacial score (nSPS) is 23.3. The summed E-state index contributed by atoms with van der Waals surface area (Å²) >= 11 is 0. The first kappa shape index (κ1) is 31.4. The Morgan fingerprint density at radius 3 is 1.73 bits per heavy atom. The highest BCUT2D eigenvalue weighted by molar-refractivity contribution is 6.12. The molecule has 0 radical (unpaired) electrons. The minimum Gasteiger partial charge on any atom is -0.310 e. The van der Waals surface area contributed by atoms with Gasteiger partial charge < -0.3 is 4.90 Å². The van der Waals surface area contributed by atoms with Gasteiger partial charge in [0.15, 0.2) is 0 Å². The number of nitrogens with zero attached hydrogens (tertiary/aromatic N) is 2. The predicted molar refractivity (Wildman–Crippen MR) is 228 cm³/mol. The van der Waals surface area contributed by atoms with Crippen LogP contribution >= 0.6 is 0 Å². The van der Waals surface area contributed by atoms with Gasteiger partial charge in [-0.2, -0.15) is 0 Å². The molecule has 4 fully saturated rings. The van der Waals surface area contributed by atoms with Gasteiger partial charge in [0.2, 0.25) is 0 Å². The third kappa shape index (κ3) is 4.52. The van der Waals surface area contributed by atoms with Crippen LogP contribution in [-0.2, 0) is 5.41 Å².